The van der Waals surface area contributed by atoms with Crippen molar-refractivity contribution in [1.82, 2.24) is 9.55 Å². The summed E-state index contributed by atoms with van der Waals surface area (Å²) in [7, 11) is 0. The summed E-state index contributed by atoms with van der Waals surface area (Å²) in [5.74, 6) is 0. The van der Waals surface area contributed by atoms with Crippen molar-refractivity contribution in [1.29, 1.82) is 0 Å². The maximum absolute atomic E-state index is 4.45. The number of aryl methyl sites for hydroxylation is 1. The van der Waals surface area contributed by atoms with Gasteiger partial charge in [-0.15, -0.1) is 0 Å². The summed E-state index contributed by atoms with van der Waals surface area (Å²) in [4.78, 5) is 4.45. The van der Waals surface area contributed by atoms with E-state index in [4.69, 9.17) is 0 Å². The average Bonchev–Trinajstić information content (AvgIpc) is 2.26. The van der Waals surface area contributed by atoms with Gasteiger partial charge in [0.15, 0.2) is 0 Å². The average molecular weight is 192 g/mol. The minimum atomic E-state index is 0.218. The first kappa shape index (κ1) is 9.75. The molecule has 0 radical (unpaired) electrons. The highest BCUT2D eigenvalue weighted by Crippen LogP contribution is 2.36. The van der Waals surface area contributed by atoms with Gasteiger partial charge in [0.2, 0.25) is 0 Å². The number of hydrogen-bond acceptors (Lipinski definition) is 1. The second kappa shape index (κ2) is 3.11. The lowest BCUT2D eigenvalue weighted by molar-refractivity contribution is 0.296. The van der Waals surface area contributed by atoms with Gasteiger partial charge in [0, 0.05) is 17.2 Å². The van der Waals surface area contributed by atoms with Crippen LogP contribution in [0.5, 0.6) is 0 Å². The monoisotopic (exact) mass is 192 g/mol. The Balaban J connectivity index is 2.40. The molecular formula is C12H20N2. The fraction of sp³-hybridized carbons (Fsp3) is 0.750. The van der Waals surface area contributed by atoms with Crippen molar-refractivity contribution in [2.24, 2.45) is 0 Å². The Morgan fingerprint density at radius 2 is 2.00 bits per heavy atom. The van der Waals surface area contributed by atoms with Crippen molar-refractivity contribution in [2.45, 2.75) is 58.4 Å². The Labute approximate surface area is 86.3 Å². The summed E-state index contributed by atoms with van der Waals surface area (Å²) in [6.45, 7) is 8.93. The summed E-state index contributed by atoms with van der Waals surface area (Å²) >= 11 is 0. The van der Waals surface area contributed by atoms with Crippen molar-refractivity contribution in [3.8, 4) is 0 Å². The quantitative estimate of drug-likeness (QED) is 0.668. The molecule has 1 aromatic heterocycles. The molecule has 0 aromatic carbocycles. The lowest BCUT2D eigenvalue weighted by Gasteiger charge is -2.32. The maximum atomic E-state index is 4.45. The molecule has 1 fully saturated rings. The van der Waals surface area contributed by atoms with E-state index in [-0.39, 0.29) is 5.41 Å². The largest absolute Gasteiger partial charge is 0.331 e. The van der Waals surface area contributed by atoms with Gasteiger partial charge in [-0.05, 0) is 26.2 Å². The van der Waals surface area contributed by atoms with E-state index in [2.05, 4.69) is 37.2 Å². The van der Waals surface area contributed by atoms with Gasteiger partial charge < -0.3 is 4.57 Å². The minimum Gasteiger partial charge on any atom is -0.331 e. The maximum Gasteiger partial charge on any atom is 0.0954 e. The smallest absolute Gasteiger partial charge is 0.0954 e. The van der Waals surface area contributed by atoms with Crippen molar-refractivity contribution in [2.75, 3.05) is 0 Å². The van der Waals surface area contributed by atoms with Gasteiger partial charge in [0.25, 0.3) is 0 Å². The number of rotatable bonds is 1. The third kappa shape index (κ3) is 1.47. The lowest BCUT2D eigenvalue weighted by Crippen LogP contribution is -2.25. The fourth-order valence-corrected chi connectivity index (χ4v) is 2.33. The summed E-state index contributed by atoms with van der Waals surface area (Å²) in [6.07, 6.45) is 6.07. The zero-order valence-electron chi connectivity index (χ0n) is 9.67. The third-order valence-electron chi connectivity index (χ3n) is 3.16. The van der Waals surface area contributed by atoms with Gasteiger partial charge in [-0.2, -0.15) is 0 Å². The van der Waals surface area contributed by atoms with Crippen LogP contribution in [-0.2, 0) is 5.41 Å². The molecule has 0 aliphatic heterocycles. The molecule has 0 N–H and O–H groups in total. The van der Waals surface area contributed by atoms with Crippen LogP contribution in [0.4, 0.5) is 0 Å². The molecule has 1 aliphatic carbocycles. The van der Waals surface area contributed by atoms with Crippen LogP contribution in [-0.4, -0.2) is 9.55 Å². The molecule has 1 aliphatic rings. The highest BCUT2D eigenvalue weighted by atomic mass is 15.1. The zero-order valence-corrected chi connectivity index (χ0v) is 9.67. The van der Waals surface area contributed by atoms with Crippen LogP contribution in [0.25, 0.3) is 0 Å². The predicted molar refractivity (Wildman–Crippen MR) is 58.6 cm³/mol. The van der Waals surface area contributed by atoms with Gasteiger partial charge in [0.05, 0.1) is 12.0 Å². The van der Waals surface area contributed by atoms with E-state index >= 15 is 0 Å². The fourth-order valence-electron chi connectivity index (χ4n) is 2.33. The first-order valence-corrected chi connectivity index (χ1v) is 5.54. The topological polar surface area (TPSA) is 17.8 Å². The van der Waals surface area contributed by atoms with Gasteiger partial charge in [0.1, 0.15) is 0 Å². The van der Waals surface area contributed by atoms with Crippen LogP contribution >= 0.6 is 0 Å². The van der Waals surface area contributed by atoms with Crippen molar-refractivity contribution >= 4 is 0 Å². The van der Waals surface area contributed by atoms with Crippen molar-refractivity contribution < 1.29 is 0 Å². The Bertz CT molecular complexity index is 327. The van der Waals surface area contributed by atoms with E-state index in [0.717, 1.165) is 6.04 Å². The van der Waals surface area contributed by atoms with Crippen LogP contribution in [0.2, 0.25) is 0 Å². The van der Waals surface area contributed by atoms with Gasteiger partial charge >= 0.3 is 0 Å². The molecule has 0 amide bonds. The van der Waals surface area contributed by atoms with Crippen molar-refractivity contribution in [3.05, 3.63) is 17.7 Å². The van der Waals surface area contributed by atoms with Crippen LogP contribution in [0.1, 0.15) is 57.5 Å². The molecule has 0 unspecified atom stereocenters. The molecule has 0 saturated heterocycles. The lowest BCUT2D eigenvalue weighted by atomic mass is 9.87. The molecule has 0 bridgehead atoms. The molecule has 2 nitrogen and oxygen atoms in total. The Morgan fingerprint density at radius 1 is 1.36 bits per heavy atom. The number of aromatic nitrogens is 2. The number of nitrogens with zero attached hydrogens (tertiary/aromatic N) is 2. The van der Waals surface area contributed by atoms with Crippen LogP contribution in [0.3, 0.4) is 0 Å². The predicted octanol–water partition coefficient (Wildman–Crippen LogP) is 3.21. The van der Waals surface area contributed by atoms with Gasteiger partial charge in [-0.25, -0.2) is 4.98 Å². The first-order chi connectivity index (χ1) is 6.50. The van der Waals surface area contributed by atoms with Crippen molar-refractivity contribution in [3.63, 3.8) is 0 Å². The molecule has 2 heteroatoms. The SMILES string of the molecule is Cc1ncn(C2CCC2)c1C(C)(C)C. The van der Waals surface area contributed by atoms with E-state index in [1.165, 1.54) is 30.7 Å². The summed E-state index contributed by atoms with van der Waals surface area (Å²) < 4.78 is 2.40. The highest BCUT2D eigenvalue weighted by Gasteiger charge is 2.28. The molecule has 1 heterocycles. The van der Waals surface area contributed by atoms with E-state index in [1.807, 2.05) is 6.33 Å². The Morgan fingerprint density at radius 3 is 2.43 bits per heavy atom. The standard InChI is InChI=1S/C12H20N2/c1-9-11(12(2,3)4)14(8-13-9)10-6-5-7-10/h8,10H,5-7H2,1-4H3. The molecule has 14 heavy (non-hydrogen) atoms. The Kier molecular flexibility index (Phi) is 2.17. The molecule has 0 atom stereocenters. The zero-order chi connectivity index (χ0) is 10.3. The molecule has 2 rings (SSSR count). The number of imidazole rings is 1. The van der Waals surface area contributed by atoms with Gasteiger partial charge in [-0.1, -0.05) is 20.8 Å². The highest BCUT2D eigenvalue weighted by molar-refractivity contribution is 5.21. The summed E-state index contributed by atoms with van der Waals surface area (Å²) in [6, 6.07) is 0.727. The minimum absolute atomic E-state index is 0.218. The molecule has 1 aromatic rings. The Hall–Kier alpha value is -0.790. The van der Waals surface area contributed by atoms with Gasteiger partial charge in [-0.3, -0.25) is 0 Å². The van der Waals surface area contributed by atoms with Crippen LogP contribution in [0, 0.1) is 6.92 Å². The third-order valence-corrected chi connectivity index (χ3v) is 3.16. The molecular weight excluding hydrogens is 172 g/mol. The van der Waals surface area contributed by atoms with E-state index in [0.29, 0.717) is 0 Å². The van der Waals surface area contributed by atoms with E-state index in [1.54, 1.807) is 0 Å². The van der Waals surface area contributed by atoms with Crippen LogP contribution in [0.15, 0.2) is 6.33 Å². The summed E-state index contributed by atoms with van der Waals surface area (Å²) in [5, 5.41) is 0. The first-order valence-electron chi connectivity index (χ1n) is 5.54. The van der Waals surface area contributed by atoms with E-state index < -0.39 is 0 Å². The molecule has 1 saturated carbocycles. The molecule has 0 spiro atoms. The van der Waals surface area contributed by atoms with E-state index in [9.17, 15) is 0 Å². The number of hydrogen-bond donors (Lipinski definition) is 0. The second-order valence-electron chi connectivity index (χ2n) is 5.42. The van der Waals surface area contributed by atoms with Crippen LogP contribution < -0.4 is 0 Å². The molecule has 78 valence electrons. The normalized spacial score (nSPS) is 18.3. The second-order valence-corrected chi connectivity index (χ2v) is 5.42. The summed E-state index contributed by atoms with van der Waals surface area (Å²) in [5.41, 5.74) is 2.84.